The predicted molar refractivity (Wildman–Crippen MR) is 69.8 cm³/mol. The monoisotopic (exact) mass is 257 g/mol. The molecule has 4 nitrogen and oxygen atoms in total. The number of aliphatic hydroxyl groups excluding tert-OH is 1. The minimum atomic E-state index is -0.759. The summed E-state index contributed by atoms with van der Waals surface area (Å²) in [4.78, 5) is 14.2. The fourth-order valence-electron chi connectivity index (χ4n) is 2.43. The van der Waals surface area contributed by atoms with Crippen molar-refractivity contribution in [3.05, 3.63) is 59.4 Å². The molecule has 0 spiro atoms. The maximum Gasteiger partial charge on any atom is 0.314 e. The van der Waals surface area contributed by atoms with Crippen molar-refractivity contribution in [3.8, 4) is 0 Å². The average Bonchev–Trinajstić information content (AvgIpc) is 3.07. The SMILES string of the molecule is O=C(O)C1(c2ccc(C(O)c3ccc[nH]3)cc2)CC1. The Labute approximate surface area is 110 Å². The number of carboxylic acid groups (broad SMARTS) is 1. The first kappa shape index (κ1) is 12.0. The van der Waals surface area contributed by atoms with Crippen LogP contribution in [0.4, 0.5) is 0 Å². The minimum Gasteiger partial charge on any atom is -0.481 e. The van der Waals surface area contributed by atoms with Crippen LogP contribution in [0.3, 0.4) is 0 Å². The Hall–Kier alpha value is -2.07. The number of nitrogens with one attached hydrogen (secondary N) is 1. The predicted octanol–water partition coefficient (Wildman–Crippen LogP) is 2.21. The molecule has 19 heavy (non-hydrogen) atoms. The van der Waals surface area contributed by atoms with E-state index in [-0.39, 0.29) is 0 Å². The van der Waals surface area contributed by atoms with Gasteiger partial charge in [-0.1, -0.05) is 24.3 Å². The molecule has 4 heteroatoms. The molecule has 0 bridgehead atoms. The molecular weight excluding hydrogens is 242 g/mol. The fraction of sp³-hybridized carbons (Fsp3) is 0.267. The van der Waals surface area contributed by atoms with Gasteiger partial charge in [-0.05, 0) is 36.1 Å². The van der Waals surface area contributed by atoms with E-state index in [1.807, 2.05) is 24.3 Å². The van der Waals surface area contributed by atoms with E-state index in [2.05, 4.69) is 4.98 Å². The summed E-state index contributed by atoms with van der Waals surface area (Å²) >= 11 is 0. The van der Waals surface area contributed by atoms with Gasteiger partial charge in [-0.15, -0.1) is 0 Å². The van der Waals surface area contributed by atoms with Crippen LogP contribution in [0, 0.1) is 0 Å². The van der Waals surface area contributed by atoms with Gasteiger partial charge in [-0.2, -0.15) is 0 Å². The first-order valence-corrected chi connectivity index (χ1v) is 6.29. The lowest BCUT2D eigenvalue weighted by molar-refractivity contribution is -0.140. The zero-order valence-corrected chi connectivity index (χ0v) is 10.3. The standard InChI is InChI=1S/C15H15NO3/c17-13(12-2-1-9-16-12)10-3-5-11(6-4-10)15(7-8-15)14(18)19/h1-6,9,13,16-17H,7-8H2,(H,18,19). The van der Waals surface area contributed by atoms with Crippen molar-refractivity contribution >= 4 is 5.97 Å². The normalized spacial score (nSPS) is 17.9. The molecule has 1 aromatic carbocycles. The number of aromatic amines is 1. The lowest BCUT2D eigenvalue weighted by Gasteiger charge is -2.13. The summed E-state index contributed by atoms with van der Waals surface area (Å²) in [6.45, 7) is 0. The molecule has 1 heterocycles. The Kier molecular flexibility index (Phi) is 2.68. The van der Waals surface area contributed by atoms with Crippen molar-refractivity contribution in [1.82, 2.24) is 4.98 Å². The lowest BCUT2D eigenvalue weighted by atomic mass is 9.94. The number of benzene rings is 1. The second-order valence-corrected chi connectivity index (χ2v) is 5.04. The molecule has 1 atom stereocenters. The summed E-state index contributed by atoms with van der Waals surface area (Å²) in [5.74, 6) is -0.759. The van der Waals surface area contributed by atoms with Crippen molar-refractivity contribution in [1.29, 1.82) is 0 Å². The quantitative estimate of drug-likeness (QED) is 0.786. The van der Waals surface area contributed by atoms with E-state index in [1.54, 1.807) is 18.3 Å². The third kappa shape index (κ3) is 1.94. The highest BCUT2D eigenvalue weighted by Crippen LogP contribution is 2.48. The van der Waals surface area contributed by atoms with Crippen LogP contribution in [0.1, 0.15) is 35.8 Å². The van der Waals surface area contributed by atoms with E-state index >= 15 is 0 Å². The summed E-state index contributed by atoms with van der Waals surface area (Å²) in [5.41, 5.74) is 1.62. The highest BCUT2D eigenvalue weighted by Gasteiger charge is 2.51. The summed E-state index contributed by atoms with van der Waals surface area (Å²) in [6.07, 6.45) is 2.45. The molecule has 3 N–H and O–H groups in total. The largest absolute Gasteiger partial charge is 0.481 e. The zero-order chi connectivity index (χ0) is 13.5. The molecular formula is C15H15NO3. The third-order valence-corrected chi connectivity index (χ3v) is 3.85. The van der Waals surface area contributed by atoms with E-state index in [0.29, 0.717) is 12.8 Å². The van der Waals surface area contributed by atoms with Crippen LogP contribution in [0.15, 0.2) is 42.6 Å². The van der Waals surface area contributed by atoms with Gasteiger partial charge in [0, 0.05) is 11.9 Å². The molecule has 2 aromatic rings. The first-order chi connectivity index (χ1) is 9.13. The van der Waals surface area contributed by atoms with Gasteiger partial charge >= 0.3 is 5.97 Å². The van der Waals surface area contributed by atoms with Gasteiger partial charge in [0.2, 0.25) is 0 Å². The number of aromatic nitrogens is 1. The van der Waals surface area contributed by atoms with Crippen molar-refractivity contribution in [2.45, 2.75) is 24.4 Å². The number of H-pyrrole nitrogens is 1. The number of aliphatic hydroxyl groups is 1. The zero-order valence-electron chi connectivity index (χ0n) is 10.3. The van der Waals surface area contributed by atoms with Gasteiger partial charge in [-0.3, -0.25) is 4.79 Å². The highest BCUT2D eigenvalue weighted by atomic mass is 16.4. The van der Waals surface area contributed by atoms with Crippen LogP contribution < -0.4 is 0 Å². The molecule has 0 amide bonds. The fourth-order valence-corrected chi connectivity index (χ4v) is 2.43. The molecule has 1 fully saturated rings. The molecule has 3 rings (SSSR count). The summed E-state index contributed by atoms with van der Waals surface area (Å²) in [5, 5.41) is 19.4. The minimum absolute atomic E-state index is 0.685. The highest BCUT2D eigenvalue weighted by molar-refractivity contribution is 5.84. The van der Waals surface area contributed by atoms with Crippen LogP contribution in [0.25, 0.3) is 0 Å². The Balaban J connectivity index is 1.86. The summed E-state index contributed by atoms with van der Waals surface area (Å²) in [6, 6.07) is 10.9. The maximum absolute atomic E-state index is 11.2. The third-order valence-electron chi connectivity index (χ3n) is 3.85. The van der Waals surface area contributed by atoms with Crippen LogP contribution in [-0.2, 0) is 10.2 Å². The van der Waals surface area contributed by atoms with Crippen LogP contribution in [0.2, 0.25) is 0 Å². The van der Waals surface area contributed by atoms with E-state index in [9.17, 15) is 15.0 Å². The summed E-state index contributed by atoms with van der Waals surface area (Å²) < 4.78 is 0. The molecule has 0 saturated heterocycles. The van der Waals surface area contributed by atoms with E-state index < -0.39 is 17.5 Å². The number of carboxylic acids is 1. The Morgan fingerprint density at radius 3 is 2.37 bits per heavy atom. The maximum atomic E-state index is 11.2. The Bertz CT molecular complexity index is 582. The molecule has 1 unspecified atom stereocenters. The van der Waals surface area contributed by atoms with Crippen LogP contribution in [-0.4, -0.2) is 21.2 Å². The number of aliphatic carboxylic acids is 1. The molecule has 1 saturated carbocycles. The van der Waals surface area contributed by atoms with E-state index in [0.717, 1.165) is 16.8 Å². The Morgan fingerprint density at radius 2 is 1.89 bits per heavy atom. The molecule has 98 valence electrons. The molecule has 0 radical (unpaired) electrons. The molecule has 1 aliphatic carbocycles. The van der Waals surface area contributed by atoms with Gasteiger partial charge in [0.15, 0.2) is 0 Å². The topological polar surface area (TPSA) is 73.3 Å². The second-order valence-electron chi connectivity index (χ2n) is 5.04. The summed E-state index contributed by atoms with van der Waals surface area (Å²) in [7, 11) is 0. The molecule has 0 aliphatic heterocycles. The molecule has 1 aromatic heterocycles. The van der Waals surface area contributed by atoms with Crippen molar-refractivity contribution in [2.24, 2.45) is 0 Å². The average molecular weight is 257 g/mol. The van der Waals surface area contributed by atoms with Crippen molar-refractivity contribution in [3.63, 3.8) is 0 Å². The lowest BCUT2D eigenvalue weighted by Crippen LogP contribution is -2.19. The van der Waals surface area contributed by atoms with Gasteiger partial charge in [0.25, 0.3) is 0 Å². The number of carbonyl (C=O) groups is 1. The van der Waals surface area contributed by atoms with E-state index in [1.165, 1.54) is 0 Å². The number of hydrogen-bond acceptors (Lipinski definition) is 2. The Morgan fingerprint density at radius 1 is 1.21 bits per heavy atom. The van der Waals surface area contributed by atoms with Crippen molar-refractivity contribution < 1.29 is 15.0 Å². The number of rotatable bonds is 4. The van der Waals surface area contributed by atoms with Crippen LogP contribution in [0.5, 0.6) is 0 Å². The van der Waals surface area contributed by atoms with Crippen LogP contribution >= 0.6 is 0 Å². The van der Waals surface area contributed by atoms with Crippen molar-refractivity contribution in [2.75, 3.05) is 0 Å². The van der Waals surface area contributed by atoms with Gasteiger partial charge in [0.05, 0.1) is 5.41 Å². The second kappa shape index (κ2) is 4.24. The van der Waals surface area contributed by atoms with Gasteiger partial charge in [0.1, 0.15) is 6.10 Å². The van der Waals surface area contributed by atoms with Gasteiger partial charge in [-0.25, -0.2) is 0 Å². The smallest absolute Gasteiger partial charge is 0.314 e. The number of hydrogen-bond donors (Lipinski definition) is 3. The van der Waals surface area contributed by atoms with Gasteiger partial charge < -0.3 is 15.2 Å². The molecule has 1 aliphatic rings. The van der Waals surface area contributed by atoms with E-state index in [4.69, 9.17) is 0 Å². The first-order valence-electron chi connectivity index (χ1n) is 6.29.